The van der Waals surface area contributed by atoms with E-state index in [9.17, 15) is 4.79 Å². The highest BCUT2D eigenvalue weighted by Gasteiger charge is 2.25. The van der Waals surface area contributed by atoms with E-state index in [1.54, 1.807) is 0 Å². The van der Waals surface area contributed by atoms with Crippen LogP contribution in [0.3, 0.4) is 0 Å². The van der Waals surface area contributed by atoms with Crippen molar-refractivity contribution < 1.29 is 14.6 Å². The first-order chi connectivity index (χ1) is 7.18. The van der Waals surface area contributed by atoms with E-state index >= 15 is 0 Å². The largest absolute Gasteiger partial charge is 0.493 e. The SMILES string of the molecule is Cc1cccc2c1C(CCC(=O)O)CO2. The maximum atomic E-state index is 10.5. The van der Waals surface area contributed by atoms with E-state index < -0.39 is 5.97 Å². The molecule has 3 heteroatoms. The van der Waals surface area contributed by atoms with Crippen LogP contribution >= 0.6 is 0 Å². The maximum absolute atomic E-state index is 10.5. The molecule has 0 saturated carbocycles. The van der Waals surface area contributed by atoms with Gasteiger partial charge in [0.25, 0.3) is 0 Å². The van der Waals surface area contributed by atoms with E-state index in [2.05, 4.69) is 0 Å². The highest BCUT2D eigenvalue weighted by Crippen LogP contribution is 2.38. The Morgan fingerprint density at radius 2 is 2.40 bits per heavy atom. The Labute approximate surface area is 88.7 Å². The Morgan fingerprint density at radius 3 is 3.13 bits per heavy atom. The summed E-state index contributed by atoms with van der Waals surface area (Å²) in [6.45, 7) is 2.66. The summed E-state index contributed by atoms with van der Waals surface area (Å²) in [4.78, 5) is 10.5. The predicted octanol–water partition coefficient (Wildman–Crippen LogP) is 2.34. The molecule has 0 aromatic heterocycles. The number of carboxylic acid groups (broad SMARTS) is 1. The van der Waals surface area contributed by atoms with Crippen molar-refractivity contribution in [2.24, 2.45) is 0 Å². The number of aryl methyl sites for hydroxylation is 1. The molecule has 0 bridgehead atoms. The summed E-state index contributed by atoms with van der Waals surface area (Å²) in [5.41, 5.74) is 2.39. The van der Waals surface area contributed by atoms with Crippen LogP contribution < -0.4 is 4.74 Å². The Balaban J connectivity index is 2.17. The number of rotatable bonds is 3. The zero-order valence-corrected chi connectivity index (χ0v) is 8.69. The highest BCUT2D eigenvalue weighted by molar-refractivity contribution is 5.66. The Kier molecular flexibility index (Phi) is 2.62. The van der Waals surface area contributed by atoms with Crippen LogP contribution in [0.4, 0.5) is 0 Å². The van der Waals surface area contributed by atoms with Gasteiger partial charge in [-0.1, -0.05) is 12.1 Å². The molecule has 1 N–H and O–H groups in total. The predicted molar refractivity (Wildman–Crippen MR) is 56.3 cm³/mol. The average Bonchev–Trinajstić information content (AvgIpc) is 2.59. The van der Waals surface area contributed by atoms with Crippen LogP contribution in [-0.4, -0.2) is 17.7 Å². The van der Waals surface area contributed by atoms with Gasteiger partial charge in [-0.2, -0.15) is 0 Å². The molecule has 0 radical (unpaired) electrons. The number of ether oxygens (including phenoxy) is 1. The van der Waals surface area contributed by atoms with E-state index in [0.717, 1.165) is 5.75 Å². The van der Waals surface area contributed by atoms with Crippen LogP contribution in [0, 0.1) is 6.92 Å². The van der Waals surface area contributed by atoms with Gasteiger partial charge in [0.05, 0.1) is 6.61 Å². The number of hydrogen-bond acceptors (Lipinski definition) is 2. The van der Waals surface area contributed by atoms with E-state index in [1.807, 2.05) is 25.1 Å². The fourth-order valence-corrected chi connectivity index (χ4v) is 2.10. The first kappa shape index (κ1) is 10.0. The molecule has 0 amide bonds. The van der Waals surface area contributed by atoms with Gasteiger partial charge >= 0.3 is 5.97 Å². The van der Waals surface area contributed by atoms with Crippen molar-refractivity contribution in [1.82, 2.24) is 0 Å². The van der Waals surface area contributed by atoms with E-state index in [-0.39, 0.29) is 12.3 Å². The van der Waals surface area contributed by atoms with Gasteiger partial charge in [0, 0.05) is 17.9 Å². The second-order valence-corrected chi connectivity index (χ2v) is 3.93. The lowest BCUT2D eigenvalue weighted by Crippen LogP contribution is -2.05. The number of carboxylic acids is 1. The van der Waals surface area contributed by atoms with Crippen LogP contribution in [0.15, 0.2) is 18.2 Å². The molecule has 1 aliphatic heterocycles. The lowest BCUT2D eigenvalue weighted by molar-refractivity contribution is -0.137. The molecular weight excluding hydrogens is 192 g/mol. The minimum Gasteiger partial charge on any atom is -0.493 e. The van der Waals surface area contributed by atoms with Gasteiger partial charge in [0.1, 0.15) is 5.75 Å². The maximum Gasteiger partial charge on any atom is 0.303 e. The molecule has 0 saturated heterocycles. The normalized spacial score (nSPS) is 18.3. The molecule has 0 aliphatic carbocycles. The fourth-order valence-electron chi connectivity index (χ4n) is 2.10. The minimum absolute atomic E-state index is 0.210. The second-order valence-electron chi connectivity index (χ2n) is 3.93. The first-order valence-corrected chi connectivity index (χ1v) is 5.12. The third kappa shape index (κ3) is 1.96. The molecule has 1 aliphatic rings. The van der Waals surface area contributed by atoms with Crippen molar-refractivity contribution in [2.45, 2.75) is 25.7 Å². The summed E-state index contributed by atoms with van der Waals surface area (Å²) in [6, 6.07) is 5.96. The molecule has 1 heterocycles. The summed E-state index contributed by atoms with van der Waals surface area (Å²) in [6.07, 6.45) is 0.870. The molecule has 0 spiro atoms. The number of aliphatic carboxylic acids is 1. The van der Waals surface area contributed by atoms with Gasteiger partial charge in [-0.3, -0.25) is 4.79 Å². The quantitative estimate of drug-likeness (QED) is 0.825. The summed E-state index contributed by atoms with van der Waals surface area (Å²) in [7, 11) is 0. The monoisotopic (exact) mass is 206 g/mol. The minimum atomic E-state index is -0.739. The fraction of sp³-hybridized carbons (Fsp3) is 0.417. The van der Waals surface area contributed by atoms with E-state index in [1.165, 1.54) is 11.1 Å². The average molecular weight is 206 g/mol. The number of fused-ring (bicyclic) bond motifs is 1. The molecule has 15 heavy (non-hydrogen) atoms. The summed E-state index contributed by atoms with van der Waals surface area (Å²) < 4.78 is 5.53. The van der Waals surface area contributed by atoms with Crippen LogP contribution in [0.25, 0.3) is 0 Å². The molecular formula is C12H14O3. The van der Waals surface area contributed by atoms with Crippen LogP contribution in [0.1, 0.15) is 29.9 Å². The van der Waals surface area contributed by atoms with Crippen molar-refractivity contribution in [3.05, 3.63) is 29.3 Å². The standard InChI is InChI=1S/C12H14O3/c1-8-3-2-4-10-12(8)9(7-15-10)5-6-11(13)14/h2-4,9H,5-7H2,1H3,(H,13,14). The van der Waals surface area contributed by atoms with Crippen molar-refractivity contribution in [2.75, 3.05) is 6.61 Å². The summed E-state index contributed by atoms with van der Waals surface area (Å²) in [5.74, 6) is 0.430. The number of benzene rings is 1. The van der Waals surface area contributed by atoms with Crippen LogP contribution in [0.5, 0.6) is 5.75 Å². The van der Waals surface area contributed by atoms with Crippen molar-refractivity contribution in [1.29, 1.82) is 0 Å². The highest BCUT2D eigenvalue weighted by atomic mass is 16.5. The van der Waals surface area contributed by atoms with Gasteiger partial charge in [-0.05, 0) is 25.0 Å². The number of carbonyl (C=O) groups is 1. The van der Waals surface area contributed by atoms with Gasteiger partial charge in [0.15, 0.2) is 0 Å². The summed E-state index contributed by atoms with van der Waals surface area (Å²) >= 11 is 0. The zero-order chi connectivity index (χ0) is 10.8. The molecule has 0 fully saturated rings. The Bertz CT molecular complexity index is 384. The van der Waals surface area contributed by atoms with Crippen molar-refractivity contribution in [3.63, 3.8) is 0 Å². The lowest BCUT2D eigenvalue weighted by Gasteiger charge is -2.08. The molecule has 1 unspecified atom stereocenters. The molecule has 1 aromatic carbocycles. The zero-order valence-electron chi connectivity index (χ0n) is 8.69. The Hall–Kier alpha value is -1.51. The smallest absolute Gasteiger partial charge is 0.303 e. The van der Waals surface area contributed by atoms with Gasteiger partial charge in [0.2, 0.25) is 0 Å². The van der Waals surface area contributed by atoms with Crippen LogP contribution in [0.2, 0.25) is 0 Å². The van der Waals surface area contributed by atoms with Crippen molar-refractivity contribution in [3.8, 4) is 5.75 Å². The summed E-state index contributed by atoms with van der Waals surface area (Å²) in [5, 5.41) is 8.65. The second kappa shape index (κ2) is 3.93. The lowest BCUT2D eigenvalue weighted by atomic mass is 9.93. The molecule has 1 aromatic rings. The van der Waals surface area contributed by atoms with Gasteiger partial charge in [-0.15, -0.1) is 0 Å². The first-order valence-electron chi connectivity index (χ1n) is 5.12. The molecule has 3 nitrogen and oxygen atoms in total. The van der Waals surface area contributed by atoms with Gasteiger partial charge in [-0.25, -0.2) is 0 Å². The third-order valence-corrected chi connectivity index (χ3v) is 2.84. The Morgan fingerprint density at radius 1 is 1.60 bits per heavy atom. The van der Waals surface area contributed by atoms with E-state index in [0.29, 0.717) is 13.0 Å². The molecule has 80 valence electrons. The molecule has 1 atom stereocenters. The third-order valence-electron chi connectivity index (χ3n) is 2.84. The van der Waals surface area contributed by atoms with Crippen LogP contribution in [-0.2, 0) is 4.79 Å². The van der Waals surface area contributed by atoms with Gasteiger partial charge < -0.3 is 9.84 Å². The topological polar surface area (TPSA) is 46.5 Å². The van der Waals surface area contributed by atoms with Crippen molar-refractivity contribution >= 4 is 5.97 Å². The molecule has 2 rings (SSSR count). The number of hydrogen-bond donors (Lipinski definition) is 1. The van der Waals surface area contributed by atoms with E-state index in [4.69, 9.17) is 9.84 Å².